The first-order valence-corrected chi connectivity index (χ1v) is 14.6. The molecule has 0 aliphatic rings. The summed E-state index contributed by atoms with van der Waals surface area (Å²) >= 11 is 0. The molecule has 15 nitrogen and oxygen atoms in total. The lowest BCUT2D eigenvalue weighted by atomic mass is 9.91. The topological polar surface area (TPSA) is 178 Å². The molecule has 2 aromatic carbocycles. The van der Waals surface area contributed by atoms with E-state index >= 15 is 0 Å². The van der Waals surface area contributed by atoms with Crippen LogP contribution >= 0.6 is 0 Å². The molecule has 3 heterocycles. The molecule has 0 atom stereocenters. The van der Waals surface area contributed by atoms with Gasteiger partial charge in [0, 0.05) is 16.9 Å². The second-order valence-corrected chi connectivity index (χ2v) is 12.1. The molecule has 0 saturated heterocycles. The van der Waals surface area contributed by atoms with Gasteiger partial charge in [-0.2, -0.15) is 5.10 Å². The van der Waals surface area contributed by atoms with Gasteiger partial charge in [-0.15, -0.1) is 20.0 Å². The molecule has 0 aliphatic heterocycles. The maximum Gasteiger partial charge on any atom is 0.271 e. The van der Waals surface area contributed by atoms with Crippen LogP contribution in [0.4, 0.5) is 22.9 Å². The molecule has 43 heavy (non-hydrogen) atoms. The second kappa shape index (κ2) is 11.1. The Labute approximate surface area is 246 Å². The number of hydrogen-bond acceptors (Lipinski definition) is 10. The number of ether oxygens (including phenoxy) is 3. The van der Waals surface area contributed by atoms with Crippen LogP contribution in [0.5, 0.6) is 23.1 Å². The van der Waals surface area contributed by atoms with Crippen molar-refractivity contribution in [1.82, 2.24) is 30.0 Å². The zero-order valence-corrected chi connectivity index (χ0v) is 24.9. The average molecular weight is 605 g/mol. The molecule has 16 heteroatoms. The van der Waals surface area contributed by atoms with Crippen LogP contribution in [0.25, 0.3) is 21.9 Å². The maximum atomic E-state index is 11.7. The van der Waals surface area contributed by atoms with Crippen molar-refractivity contribution >= 4 is 38.6 Å². The lowest BCUT2D eigenvalue weighted by Crippen LogP contribution is -2.11. The number of fused-ring (bicyclic) bond motifs is 1. The van der Waals surface area contributed by atoms with E-state index in [-0.39, 0.29) is 39.9 Å². The van der Waals surface area contributed by atoms with Crippen LogP contribution in [0.2, 0.25) is 0 Å². The third kappa shape index (κ3) is 5.97. The molecule has 0 unspecified atom stereocenters. The smallest absolute Gasteiger partial charge is 0.271 e. The third-order valence-electron chi connectivity index (χ3n) is 6.08. The molecule has 0 amide bonds. The van der Waals surface area contributed by atoms with Gasteiger partial charge >= 0.3 is 0 Å². The highest BCUT2D eigenvalue weighted by atomic mass is 32.2. The van der Waals surface area contributed by atoms with Gasteiger partial charge in [0.05, 0.1) is 27.0 Å². The number of aromatic nitrogens is 6. The number of sulfonamides is 1. The van der Waals surface area contributed by atoms with E-state index in [1.807, 2.05) is 20.8 Å². The van der Waals surface area contributed by atoms with Gasteiger partial charge < -0.3 is 14.2 Å². The number of rotatable bonds is 9. The van der Waals surface area contributed by atoms with E-state index in [9.17, 15) is 8.42 Å². The lowest BCUT2D eigenvalue weighted by Gasteiger charge is -2.16. The van der Waals surface area contributed by atoms with E-state index in [2.05, 4.69) is 45.2 Å². The van der Waals surface area contributed by atoms with Crippen molar-refractivity contribution in [2.75, 3.05) is 25.2 Å². The Bertz CT molecular complexity index is 1970. The minimum absolute atomic E-state index is 0.0142. The lowest BCUT2D eigenvalue weighted by molar-refractivity contribution is 0.341. The first-order valence-electron chi connectivity index (χ1n) is 12.8. The number of H-pyrrole nitrogens is 2. The summed E-state index contributed by atoms with van der Waals surface area (Å²) in [6.45, 7) is 13.6. The number of azo groups is 1. The predicted molar refractivity (Wildman–Crippen MR) is 159 cm³/mol. The number of para-hydroxylation sites is 1. The van der Waals surface area contributed by atoms with E-state index in [4.69, 9.17) is 20.8 Å². The molecule has 0 bridgehead atoms. The van der Waals surface area contributed by atoms with Crippen molar-refractivity contribution in [3.63, 3.8) is 0 Å². The third-order valence-corrected chi connectivity index (χ3v) is 6.69. The number of aromatic amines is 2. The maximum absolute atomic E-state index is 11.7. The van der Waals surface area contributed by atoms with Crippen LogP contribution in [-0.2, 0) is 15.4 Å². The molecular formula is C27H28N10O5S. The zero-order chi connectivity index (χ0) is 30.9. The SMILES string of the molecule is [C-]#[N+]c1c(N=Nc2c(Oc3c(OC)cccc3OC)nn3[nH]c(-c4cccc(NS(C)(=O)=O)c4)nc23)n[nH]c1C(C)(C)C. The van der Waals surface area contributed by atoms with Gasteiger partial charge in [0.2, 0.25) is 27.2 Å². The average Bonchev–Trinajstić information content (AvgIpc) is 3.64. The molecule has 3 aromatic heterocycles. The van der Waals surface area contributed by atoms with Crippen molar-refractivity contribution in [1.29, 1.82) is 0 Å². The van der Waals surface area contributed by atoms with Crippen LogP contribution in [0.3, 0.4) is 0 Å². The van der Waals surface area contributed by atoms with Crippen LogP contribution < -0.4 is 18.9 Å². The molecule has 0 aliphatic carbocycles. The summed E-state index contributed by atoms with van der Waals surface area (Å²) in [6, 6.07) is 11.8. The summed E-state index contributed by atoms with van der Waals surface area (Å²) < 4.78 is 44.3. The van der Waals surface area contributed by atoms with Gasteiger partial charge in [-0.25, -0.2) is 18.2 Å². The molecule has 3 N–H and O–H groups in total. The molecule has 0 spiro atoms. The van der Waals surface area contributed by atoms with E-state index in [0.29, 0.717) is 34.3 Å². The Balaban J connectivity index is 1.64. The molecule has 5 aromatic rings. The fourth-order valence-electron chi connectivity index (χ4n) is 4.16. The number of nitrogens with one attached hydrogen (secondary N) is 3. The fraction of sp³-hybridized carbons (Fsp3) is 0.259. The molecule has 5 rings (SSSR count). The molecule has 222 valence electrons. The van der Waals surface area contributed by atoms with Crippen molar-refractivity contribution in [3.05, 3.63) is 59.6 Å². The Morgan fingerprint density at radius 1 is 1.07 bits per heavy atom. The minimum Gasteiger partial charge on any atom is -0.493 e. The predicted octanol–water partition coefficient (Wildman–Crippen LogP) is 5.89. The molecule has 0 radical (unpaired) electrons. The van der Waals surface area contributed by atoms with Gasteiger partial charge in [-0.3, -0.25) is 14.9 Å². The molecule has 0 saturated carbocycles. The van der Waals surface area contributed by atoms with Crippen LogP contribution in [0, 0.1) is 6.57 Å². The first kappa shape index (κ1) is 29.1. The standard InChI is InChI=1S/C27H28N10O5S/c1-27(2,3)22-19(28-4)24(33-31-22)32-30-20-25-29-23(15-10-8-11-16(14-15)36-43(7,38)39)34-37(25)35-26(20)42-21-17(40-5)12-9-13-18(21)41-6/h8-14,36H,1-3,5-7H3,(H,29,34)(H,31,33). The van der Waals surface area contributed by atoms with Crippen molar-refractivity contribution in [2.45, 2.75) is 26.2 Å². The summed E-state index contributed by atoms with van der Waals surface area (Å²) in [6.07, 6.45) is 1.07. The quantitative estimate of drug-likeness (QED) is 0.138. The normalized spacial score (nSPS) is 12.0. The Morgan fingerprint density at radius 2 is 1.77 bits per heavy atom. The van der Waals surface area contributed by atoms with Crippen LogP contribution in [0.1, 0.15) is 26.5 Å². The summed E-state index contributed by atoms with van der Waals surface area (Å²) in [5, 5.41) is 23.3. The number of benzene rings is 2. The largest absolute Gasteiger partial charge is 0.493 e. The van der Waals surface area contributed by atoms with Gasteiger partial charge in [-0.05, 0) is 29.7 Å². The van der Waals surface area contributed by atoms with Crippen molar-refractivity contribution < 1.29 is 22.6 Å². The van der Waals surface area contributed by atoms with E-state index in [1.54, 1.807) is 42.5 Å². The number of nitrogens with zero attached hydrogens (tertiary/aromatic N) is 7. The molecular weight excluding hydrogens is 576 g/mol. The van der Waals surface area contributed by atoms with E-state index in [0.717, 1.165) is 6.26 Å². The highest BCUT2D eigenvalue weighted by Gasteiger charge is 2.26. The number of anilines is 1. The highest BCUT2D eigenvalue weighted by Crippen LogP contribution is 2.44. The van der Waals surface area contributed by atoms with Crippen molar-refractivity contribution in [3.8, 4) is 34.5 Å². The Morgan fingerprint density at radius 3 is 2.40 bits per heavy atom. The summed E-state index contributed by atoms with van der Waals surface area (Å²) in [5.74, 6) is 1.51. The monoisotopic (exact) mass is 604 g/mol. The highest BCUT2D eigenvalue weighted by molar-refractivity contribution is 7.92. The van der Waals surface area contributed by atoms with Gasteiger partial charge in [0.1, 0.15) is 0 Å². The van der Waals surface area contributed by atoms with E-state index < -0.39 is 10.0 Å². The Kier molecular flexibility index (Phi) is 7.50. The fourth-order valence-corrected chi connectivity index (χ4v) is 4.71. The van der Waals surface area contributed by atoms with E-state index in [1.165, 1.54) is 18.8 Å². The molecule has 0 fully saturated rings. The van der Waals surface area contributed by atoms with Gasteiger partial charge in [0.15, 0.2) is 23.0 Å². The summed E-state index contributed by atoms with van der Waals surface area (Å²) in [4.78, 5) is 8.27. The van der Waals surface area contributed by atoms with Gasteiger partial charge in [0.25, 0.3) is 11.6 Å². The number of hydrogen-bond donors (Lipinski definition) is 3. The van der Waals surface area contributed by atoms with Crippen molar-refractivity contribution in [2.24, 2.45) is 10.2 Å². The minimum atomic E-state index is -3.48. The van der Waals surface area contributed by atoms with Gasteiger partial charge in [-0.1, -0.05) is 39.0 Å². The summed E-state index contributed by atoms with van der Waals surface area (Å²) in [7, 11) is -0.490. The van der Waals surface area contributed by atoms with Crippen LogP contribution in [0.15, 0.2) is 52.7 Å². The zero-order valence-electron chi connectivity index (χ0n) is 24.1. The summed E-state index contributed by atoms with van der Waals surface area (Å²) in [5.41, 5.74) is 1.78. The second-order valence-electron chi connectivity index (χ2n) is 10.3. The number of methoxy groups -OCH3 is 2. The van der Waals surface area contributed by atoms with Crippen LogP contribution in [-0.4, -0.2) is 58.9 Å². The first-order chi connectivity index (χ1) is 20.4. The Hall–Kier alpha value is -5.43.